The smallest absolute Gasteiger partial charge is 0.338 e. The Balaban J connectivity index is 2.23. The zero-order chi connectivity index (χ0) is 22.0. The summed E-state index contributed by atoms with van der Waals surface area (Å²) < 4.78 is 60.6. The summed E-state index contributed by atoms with van der Waals surface area (Å²) >= 11 is 12.1. The number of hydrogen-bond acceptors (Lipinski definition) is 4. The summed E-state index contributed by atoms with van der Waals surface area (Å²) in [5.41, 5.74) is -0.448. The molecule has 0 aliphatic carbocycles. The van der Waals surface area contributed by atoms with E-state index in [9.17, 15) is 22.4 Å². The Bertz CT molecular complexity index is 1050. The van der Waals surface area contributed by atoms with E-state index in [4.69, 9.17) is 27.9 Å². The first-order valence-corrected chi connectivity index (χ1v) is 9.58. The maximum absolute atomic E-state index is 14.3. The molecule has 1 aliphatic heterocycles. The van der Waals surface area contributed by atoms with Crippen LogP contribution in [-0.4, -0.2) is 24.3 Å². The molecule has 158 valence electrons. The van der Waals surface area contributed by atoms with Crippen LogP contribution in [0.25, 0.3) is 0 Å². The van der Waals surface area contributed by atoms with Crippen molar-refractivity contribution >= 4 is 35.0 Å². The number of aliphatic imine (C=N–C) groups is 1. The summed E-state index contributed by atoms with van der Waals surface area (Å²) in [5.74, 6) is -5.55. The molecule has 0 amide bonds. The highest BCUT2D eigenvalue weighted by Gasteiger charge is 2.34. The van der Waals surface area contributed by atoms with Crippen LogP contribution >= 0.6 is 23.2 Å². The van der Waals surface area contributed by atoms with Gasteiger partial charge in [-0.2, -0.15) is 0 Å². The van der Waals surface area contributed by atoms with Crippen molar-refractivity contribution in [1.82, 2.24) is 5.32 Å². The molecular formula is C20H14Cl2F4N2O2. The number of carbonyl (C=O) groups is 1. The minimum Gasteiger partial charge on any atom is -0.463 e. The highest BCUT2D eigenvalue weighted by Crippen LogP contribution is 2.37. The van der Waals surface area contributed by atoms with Gasteiger partial charge in [0.2, 0.25) is 0 Å². The Morgan fingerprint density at radius 3 is 2.37 bits per heavy atom. The molecule has 0 saturated heterocycles. The summed E-state index contributed by atoms with van der Waals surface area (Å²) in [6.07, 6.45) is 0. The molecule has 1 atom stereocenters. The third kappa shape index (κ3) is 4.29. The molecule has 10 heteroatoms. The van der Waals surface area contributed by atoms with Gasteiger partial charge in [0.25, 0.3) is 0 Å². The lowest BCUT2D eigenvalue weighted by atomic mass is 9.95. The van der Waals surface area contributed by atoms with Crippen LogP contribution in [0.4, 0.5) is 17.6 Å². The Morgan fingerprint density at radius 1 is 1.13 bits per heavy atom. The van der Waals surface area contributed by atoms with Gasteiger partial charge >= 0.3 is 5.97 Å². The number of hydrogen-bond donors (Lipinski definition) is 1. The largest absolute Gasteiger partial charge is 0.463 e. The second kappa shape index (κ2) is 9.06. The van der Waals surface area contributed by atoms with Gasteiger partial charge < -0.3 is 10.1 Å². The van der Waals surface area contributed by atoms with Crippen LogP contribution in [-0.2, 0) is 9.53 Å². The minimum absolute atomic E-state index is 0.0412. The number of halogens is 6. The summed E-state index contributed by atoms with van der Waals surface area (Å²) in [6, 6.07) is 3.18. The molecule has 0 fully saturated rings. The summed E-state index contributed by atoms with van der Waals surface area (Å²) in [4.78, 5) is 16.8. The van der Waals surface area contributed by atoms with Crippen LogP contribution in [0.15, 0.2) is 46.6 Å². The fourth-order valence-corrected chi connectivity index (χ4v) is 3.48. The van der Waals surface area contributed by atoms with Crippen molar-refractivity contribution in [2.24, 2.45) is 4.99 Å². The van der Waals surface area contributed by atoms with E-state index in [0.29, 0.717) is 12.1 Å². The maximum atomic E-state index is 14.3. The van der Waals surface area contributed by atoms with Crippen LogP contribution in [0.2, 0.25) is 5.02 Å². The van der Waals surface area contributed by atoms with Gasteiger partial charge in [0, 0.05) is 28.4 Å². The quantitative estimate of drug-likeness (QED) is 0.386. The van der Waals surface area contributed by atoms with Crippen molar-refractivity contribution in [2.45, 2.75) is 13.0 Å². The summed E-state index contributed by atoms with van der Waals surface area (Å²) in [6.45, 7) is 1.63. The number of ether oxygens (including phenoxy) is 1. The molecule has 0 saturated carbocycles. The number of esters is 1. The monoisotopic (exact) mass is 460 g/mol. The van der Waals surface area contributed by atoms with Crippen molar-refractivity contribution in [3.8, 4) is 0 Å². The van der Waals surface area contributed by atoms with Crippen molar-refractivity contribution in [3.05, 3.63) is 81.0 Å². The number of benzene rings is 2. The molecule has 4 nitrogen and oxygen atoms in total. The van der Waals surface area contributed by atoms with Crippen LogP contribution in [0.5, 0.6) is 0 Å². The summed E-state index contributed by atoms with van der Waals surface area (Å²) in [5, 5.41) is 2.55. The standard InChI is InChI=1S/C20H14Cl2F4N2O2/c1-2-30-20(29)17-15(8-21)27-19(16-13(25)6-10(24)7-14(16)26)28-18(17)11-4-3-9(23)5-12(11)22/h3-7,18H,2,8H2,1H3,(H,27,28). The van der Waals surface area contributed by atoms with Gasteiger partial charge in [-0.1, -0.05) is 17.7 Å². The van der Waals surface area contributed by atoms with Crippen LogP contribution in [0.1, 0.15) is 24.1 Å². The predicted molar refractivity (Wildman–Crippen MR) is 105 cm³/mol. The molecule has 0 aromatic heterocycles. The fourth-order valence-electron chi connectivity index (χ4n) is 2.99. The molecule has 0 radical (unpaired) electrons. The average Bonchev–Trinajstić information content (AvgIpc) is 2.66. The van der Waals surface area contributed by atoms with Crippen molar-refractivity contribution in [1.29, 1.82) is 0 Å². The number of amidine groups is 1. The molecule has 1 aliphatic rings. The van der Waals surface area contributed by atoms with E-state index >= 15 is 0 Å². The van der Waals surface area contributed by atoms with Gasteiger partial charge in [0.15, 0.2) is 0 Å². The topological polar surface area (TPSA) is 50.7 Å². The van der Waals surface area contributed by atoms with E-state index in [1.807, 2.05) is 0 Å². The molecule has 0 spiro atoms. The van der Waals surface area contributed by atoms with Crippen molar-refractivity contribution in [3.63, 3.8) is 0 Å². The SMILES string of the molecule is CCOC(=O)C1=C(CCl)NC(c2c(F)cc(F)cc2F)=NC1c1ccc(F)cc1Cl. The van der Waals surface area contributed by atoms with Gasteiger partial charge in [0.05, 0.1) is 23.6 Å². The van der Waals surface area contributed by atoms with E-state index in [2.05, 4.69) is 10.3 Å². The van der Waals surface area contributed by atoms with Gasteiger partial charge in [-0.05, 0) is 19.1 Å². The Morgan fingerprint density at radius 2 is 1.80 bits per heavy atom. The first-order valence-electron chi connectivity index (χ1n) is 8.67. The second-order valence-electron chi connectivity index (χ2n) is 6.16. The highest BCUT2D eigenvalue weighted by atomic mass is 35.5. The molecule has 2 aromatic rings. The third-order valence-electron chi connectivity index (χ3n) is 4.26. The van der Waals surface area contributed by atoms with Crippen molar-refractivity contribution in [2.75, 3.05) is 12.5 Å². The normalized spacial score (nSPS) is 16.2. The number of rotatable bonds is 5. The lowest BCUT2D eigenvalue weighted by Gasteiger charge is -2.27. The lowest BCUT2D eigenvalue weighted by Crippen LogP contribution is -2.35. The lowest BCUT2D eigenvalue weighted by molar-refractivity contribution is -0.138. The molecule has 2 aromatic carbocycles. The van der Waals surface area contributed by atoms with E-state index in [-0.39, 0.29) is 40.2 Å². The number of nitrogens with zero attached hydrogens (tertiary/aromatic N) is 1. The molecule has 1 N–H and O–H groups in total. The third-order valence-corrected chi connectivity index (χ3v) is 4.85. The molecule has 0 bridgehead atoms. The number of nitrogens with one attached hydrogen (secondary N) is 1. The number of alkyl halides is 1. The van der Waals surface area contributed by atoms with Crippen LogP contribution in [0, 0.1) is 23.3 Å². The first kappa shape index (κ1) is 22.1. The van der Waals surface area contributed by atoms with E-state index in [1.165, 1.54) is 6.07 Å². The van der Waals surface area contributed by atoms with E-state index < -0.39 is 40.8 Å². The number of carbonyl (C=O) groups excluding carboxylic acids is 1. The highest BCUT2D eigenvalue weighted by molar-refractivity contribution is 6.31. The molecular weight excluding hydrogens is 447 g/mol. The zero-order valence-corrected chi connectivity index (χ0v) is 16.9. The van der Waals surface area contributed by atoms with Crippen LogP contribution < -0.4 is 5.32 Å². The average molecular weight is 461 g/mol. The van der Waals surface area contributed by atoms with E-state index in [1.54, 1.807) is 6.92 Å². The molecule has 1 unspecified atom stereocenters. The number of allylic oxidation sites excluding steroid dienone is 1. The Labute approximate surface area is 179 Å². The van der Waals surface area contributed by atoms with Gasteiger partial charge in [0.1, 0.15) is 35.1 Å². The first-order chi connectivity index (χ1) is 14.3. The summed E-state index contributed by atoms with van der Waals surface area (Å²) in [7, 11) is 0. The predicted octanol–water partition coefficient (Wildman–Crippen LogP) is 5.04. The van der Waals surface area contributed by atoms with Crippen molar-refractivity contribution < 1.29 is 27.1 Å². The maximum Gasteiger partial charge on any atom is 0.338 e. The van der Waals surface area contributed by atoms with Gasteiger partial charge in [-0.25, -0.2) is 22.4 Å². The second-order valence-corrected chi connectivity index (χ2v) is 6.84. The van der Waals surface area contributed by atoms with Gasteiger partial charge in [-0.3, -0.25) is 4.99 Å². The van der Waals surface area contributed by atoms with Crippen LogP contribution in [0.3, 0.4) is 0 Å². The molecule has 3 rings (SSSR count). The molecule has 1 heterocycles. The Kier molecular flexibility index (Phi) is 6.67. The minimum atomic E-state index is -1.21. The molecule has 30 heavy (non-hydrogen) atoms. The Hall–Kier alpha value is -2.58. The van der Waals surface area contributed by atoms with E-state index in [0.717, 1.165) is 12.1 Å². The van der Waals surface area contributed by atoms with Gasteiger partial charge in [-0.15, -0.1) is 11.6 Å². The fraction of sp³-hybridized carbons (Fsp3) is 0.200. The zero-order valence-electron chi connectivity index (χ0n) is 15.4.